The van der Waals surface area contributed by atoms with E-state index >= 15 is 0 Å². The van der Waals surface area contributed by atoms with Crippen LogP contribution in [-0.2, 0) is 6.54 Å². The van der Waals surface area contributed by atoms with Crippen molar-refractivity contribution in [3.05, 3.63) is 66.1 Å². The Morgan fingerprint density at radius 1 is 1.07 bits per heavy atom. The highest BCUT2D eigenvalue weighted by molar-refractivity contribution is 5.87. The second-order valence-electron chi connectivity index (χ2n) is 6.54. The van der Waals surface area contributed by atoms with Gasteiger partial charge >= 0.3 is 0 Å². The molecule has 0 amide bonds. The Labute approximate surface area is 174 Å². The van der Waals surface area contributed by atoms with Crippen molar-refractivity contribution < 1.29 is 9.47 Å². The maximum absolute atomic E-state index is 5.38. The van der Waals surface area contributed by atoms with Crippen LogP contribution in [0.2, 0.25) is 0 Å². The number of aliphatic imine (C=N–C) groups is 1. The summed E-state index contributed by atoms with van der Waals surface area (Å²) in [6.45, 7) is 0.570. The number of hydrogen-bond acceptors (Lipinski definition) is 7. The third-order valence-corrected chi connectivity index (χ3v) is 4.67. The second kappa shape index (κ2) is 8.60. The predicted molar refractivity (Wildman–Crippen MR) is 117 cm³/mol. The number of anilines is 1. The summed E-state index contributed by atoms with van der Waals surface area (Å²) in [5.74, 6) is 2.10. The zero-order chi connectivity index (χ0) is 20.9. The van der Waals surface area contributed by atoms with E-state index in [2.05, 4.69) is 25.4 Å². The van der Waals surface area contributed by atoms with Gasteiger partial charge in [-0.1, -0.05) is 18.2 Å². The molecule has 0 aliphatic rings. The van der Waals surface area contributed by atoms with Crippen molar-refractivity contribution in [3.63, 3.8) is 0 Å². The van der Waals surface area contributed by atoms with Crippen molar-refractivity contribution in [2.45, 2.75) is 6.54 Å². The smallest absolute Gasteiger partial charge is 0.168 e. The van der Waals surface area contributed by atoms with Gasteiger partial charge in [0.1, 0.15) is 12.1 Å². The molecule has 0 spiro atoms. The van der Waals surface area contributed by atoms with Crippen LogP contribution in [0.15, 0.2) is 60.0 Å². The topological polar surface area (TPSA) is 86.5 Å². The molecule has 30 heavy (non-hydrogen) atoms. The predicted octanol–water partition coefficient (Wildman–Crippen LogP) is 3.49. The minimum atomic E-state index is 0.570. The maximum Gasteiger partial charge on any atom is 0.168 e. The molecule has 0 radical (unpaired) electrons. The van der Waals surface area contributed by atoms with Crippen LogP contribution in [0.25, 0.3) is 16.7 Å². The Hall–Kier alpha value is -3.94. The fourth-order valence-corrected chi connectivity index (χ4v) is 3.24. The summed E-state index contributed by atoms with van der Waals surface area (Å²) in [6, 6.07) is 13.8. The normalized spacial score (nSPS) is 11.2. The van der Waals surface area contributed by atoms with Gasteiger partial charge in [-0.3, -0.25) is 4.99 Å². The molecule has 1 N–H and O–H groups in total. The van der Waals surface area contributed by atoms with E-state index in [0.717, 1.165) is 27.8 Å². The first-order valence-corrected chi connectivity index (χ1v) is 9.39. The Morgan fingerprint density at radius 2 is 1.93 bits per heavy atom. The number of methoxy groups -OCH3 is 2. The zero-order valence-electron chi connectivity index (χ0n) is 17.0. The molecule has 0 aliphatic carbocycles. The minimum absolute atomic E-state index is 0.570. The summed E-state index contributed by atoms with van der Waals surface area (Å²) in [7, 11) is 4.99. The van der Waals surface area contributed by atoms with E-state index in [1.807, 2.05) is 42.5 Å². The molecule has 0 saturated carbocycles. The van der Waals surface area contributed by atoms with E-state index in [4.69, 9.17) is 9.47 Å². The number of ether oxygens (including phenoxy) is 2. The van der Waals surface area contributed by atoms with Crippen LogP contribution in [-0.4, -0.2) is 47.2 Å². The van der Waals surface area contributed by atoms with Gasteiger partial charge in [-0.15, -0.1) is 0 Å². The molecular weight excluding hydrogens is 380 g/mol. The molecule has 2 aromatic heterocycles. The maximum atomic E-state index is 5.38. The van der Waals surface area contributed by atoms with Crippen molar-refractivity contribution in [3.8, 4) is 17.2 Å². The van der Waals surface area contributed by atoms with Crippen molar-refractivity contribution >= 4 is 23.1 Å². The lowest BCUT2D eigenvalue weighted by molar-refractivity contribution is 0.354. The molecule has 2 aromatic carbocycles. The highest BCUT2D eigenvalue weighted by atomic mass is 16.5. The lowest BCUT2D eigenvalue weighted by Crippen LogP contribution is -2.04. The van der Waals surface area contributed by atoms with Crippen LogP contribution in [0.3, 0.4) is 0 Å². The Kier molecular flexibility index (Phi) is 5.56. The van der Waals surface area contributed by atoms with Crippen molar-refractivity contribution in [2.24, 2.45) is 4.99 Å². The summed E-state index contributed by atoms with van der Waals surface area (Å²) < 4.78 is 12.5. The van der Waals surface area contributed by atoms with E-state index in [-0.39, 0.29) is 0 Å². The van der Waals surface area contributed by atoms with Gasteiger partial charge in [-0.25, -0.2) is 14.6 Å². The largest absolute Gasteiger partial charge is 0.493 e. The van der Waals surface area contributed by atoms with E-state index in [0.29, 0.717) is 23.9 Å². The third kappa shape index (κ3) is 3.80. The van der Waals surface area contributed by atoms with Gasteiger partial charge in [0.15, 0.2) is 17.1 Å². The van der Waals surface area contributed by atoms with Gasteiger partial charge in [0, 0.05) is 19.8 Å². The zero-order valence-corrected chi connectivity index (χ0v) is 17.0. The van der Waals surface area contributed by atoms with Crippen LogP contribution in [0.5, 0.6) is 11.5 Å². The SMILES string of the molecule is CN=Cc1cccc(-n2ncc3c(NCc4ccc(OC)c(OC)c4)ncnc32)c1. The lowest BCUT2D eigenvalue weighted by Gasteiger charge is -2.11. The van der Waals surface area contributed by atoms with Gasteiger partial charge in [-0.05, 0) is 35.4 Å². The molecule has 2 heterocycles. The van der Waals surface area contributed by atoms with E-state index < -0.39 is 0 Å². The molecule has 0 atom stereocenters. The molecule has 8 nitrogen and oxygen atoms in total. The molecule has 0 fully saturated rings. The van der Waals surface area contributed by atoms with Crippen molar-refractivity contribution in [2.75, 3.05) is 26.6 Å². The van der Waals surface area contributed by atoms with Gasteiger partial charge in [0.05, 0.1) is 31.5 Å². The first-order valence-electron chi connectivity index (χ1n) is 9.39. The van der Waals surface area contributed by atoms with Crippen LogP contribution in [0.1, 0.15) is 11.1 Å². The third-order valence-electron chi connectivity index (χ3n) is 4.67. The molecular formula is C22H22N6O2. The molecule has 4 rings (SSSR count). The van der Waals surface area contributed by atoms with Crippen LogP contribution in [0.4, 0.5) is 5.82 Å². The Balaban J connectivity index is 1.62. The first-order chi connectivity index (χ1) is 14.7. The van der Waals surface area contributed by atoms with Gasteiger partial charge in [0.2, 0.25) is 0 Å². The number of benzene rings is 2. The highest BCUT2D eigenvalue weighted by Crippen LogP contribution is 2.28. The summed E-state index contributed by atoms with van der Waals surface area (Å²) in [4.78, 5) is 12.9. The number of rotatable bonds is 7. The monoisotopic (exact) mass is 402 g/mol. The fourth-order valence-electron chi connectivity index (χ4n) is 3.24. The summed E-state index contributed by atoms with van der Waals surface area (Å²) >= 11 is 0. The fraction of sp³-hybridized carbons (Fsp3) is 0.182. The van der Waals surface area contributed by atoms with E-state index in [1.54, 1.807) is 38.4 Å². The van der Waals surface area contributed by atoms with Gasteiger partial charge < -0.3 is 14.8 Å². The second-order valence-corrected chi connectivity index (χ2v) is 6.54. The molecule has 4 aromatic rings. The minimum Gasteiger partial charge on any atom is -0.493 e. The number of nitrogens with zero attached hydrogens (tertiary/aromatic N) is 5. The Morgan fingerprint density at radius 3 is 2.73 bits per heavy atom. The molecule has 0 saturated heterocycles. The average Bonchev–Trinajstić information content (AvgIpc) is 3.22. The molecule has 8 heteroatoms. The lowest BCUT2D eigenvalue weighted by atomic mass is 10.2. The molecule has 0 unspecified atom stereocenters. The van der Waals surface area contributed by atoms with Gasteiger partial charge in [-0.2, -0.15) is 5.10 Å². The van der Waals surface area contributed by atoms with Crippen LogP contribution in [0, 0.1) is 0 Å². The van der Waals surface area contributed by atoms with Crippen molar-refractivity contribution in [1.29, 1.82) is 0 Å². The molecule has 152 valence electrons. The summed E-state index contributed by atoms with van der Waals surface area (Å²) in [5, 5.41) is 8.73. The standard InChI is InChI=1S/C22H22N6O2/c1-23-11-15-5-4-6-17(9-15)28-22-18(13-27-28)21(25-14-26-22)24-12-16-7-8-19(29-2)20(10-16)30-3/h4-11,13-14H,12H2,1-3H3,(H,24,25,26). The summed E-state index contributed by atoms with van der Waals surface area (Å²) in [6.07, 6.45) is 5.11. The van der Waals surface area contributed by atoms with Gasteiger partial charge in [0.25, 0.3) is 0 Å². The number of aromatic nitrogens is 4. The average molecular weight is 402 g/mol. The number of hydrogen-bond donors (Lipinski definition) is 1. The number of nitrogens with one attached hydrogen (secondary N) is 1. The van der Waals surface area contributed by atoms with Crippen LogP contribution < -0.4 is 14.8 Å². The highest BCUT2D eigenvalue weighted by Gasteiger charge is 2.12. The van der Waals surface area contributed by atoms with Crippen LogP contribution >= 0.6 is 0 Å². The summed E-state index contributed by atoms with van der Waals surface area (Å²) in [5.41, 5.74) is 3.68. The first kappa shape index (κ1) is 19.4. The number of fused-ring (bicyclic) bond motifs is 1. The Bertz CT molecular complexity index is 1200. The van der Waals surface area contributed by atoms with E-state index in [9.17, 15) is 0 Å². The molecule has 0 bridgehead atoms. The molecule has 0 aliphatic heterocycles. The quantitative estimate of drug-likeness (QED) is 0.476. The van der Waals surface area contributed by atoms with Crippen molar-refractivity contribution in [1.82, 2.24) is 19.7 Å². The van der Waals surface area contributed by atoms with E-state index in [1.165, 1.54) is 6.33 Å².